The molecule has 1 aliphatic rings. The van der Waals surface area contributed by atoms with Gasteiger partial charge in [0.25, 0.3) is 10.0 Å². The Morgan fingerprint density at radius 2 is 2.00 bits per heavy atom. The topological polar surface area (TPSA) is 87.6 Å². The Morgan fingerprint density at radius 1 is 1.23 bits per heavy atom. The number of carbonyl (C=O) groups excluding carboxylic acids is 1. The van der Waals surface area contributed by atoms with Crippen molar-refractivity contribution in [2.45, 2.75) is 24.8 Å². The summed E-state index contributed by atoms with van der Waals surface area (Å²) in [4.78, 5) is 16.3. The van der Waals surface area contributed by atoms with Crippen LogP contribution in [0.25, 0.3) is 0 Å². The maximum atomic E-state index is 13.5. The number of benzene rings is 2. The van der Waals surface area contributed by atoms with Crippen LogP contribution in [0.1, 0.15) is 23.1 Å². The Kier molecular flexibility index (Phi) is 5.03. The Hall–Kier alpha value is -2.74. The average Bonchev–Trinajstić information content (AvgIpc) is 2.87. The first-order valence-corrected chi connectivity index (χ1v) is 9.53. The zero-order valence-electron chi connectivity index (χ0n) is 14.1. The summed E-state index contributed by atoms with van der Waals surface area (Å²) in [5.41, 5.74) is 1.73. The van der Waals surface area contributed by atoms with Gasteiger partial charge in [0.15, 0.2) is 0 Å². The Labute approximate surface area is 151 Å². The molecule has 6 nitrogen and oxygen atoms in total. The minimum Gasteiger partial charge on any atom is -0.352 e. The highest BCUT2D eigenvalue weighted by atomic mass is 32.2. The summed E-state index contributed by atoms with van der Waals surface area (Å²) in [5, 5.41) is 2.69. The van der Waals surface area contributed by atoms with E-state index in [1.54, 1.807) is 37.3 Å². The first-order chi connectivity index (χ1) is 12.4. The van der Waals surface area contributed by atoms with Gasteiger partial charge in [-0.05, 0) is 36.2 Å². The smallest absolute Gasteiger partial charge is 0.263 e. The largest absolute Gasteiger partial charge is 0.352 e. The normalized spacial score (nSPS) is 16.2. The number of amidine groups is 1. The second-order valence-electron chi connectivity index (χ2n) is 5.94. The molecule has 2 N–H and O–H groups in total. The van der Waals surface area contributed by atoms with E-state index >= 15 is 0 Å². The van der Waals surface area contributed by atoms with Gasteiger partial charge in [0.05, 0.1) is 11.4 Å². The number of hydrogen-bond donors (Lipinski definition) is 2. The molecule has 0 spiro atoms. The van der Waals surface area contributed by atoms with E-state index in [9.17, 15) is 17.6 Å². The molecule has 0 aromatic heterocycles. The van der Waals surface area contributed by atoms with Crippen LogP contribution in [0.15, 0.2) is 52.4 Å². The van der Waals surface area contributed by atoms with E-state index in [1.807, 2.05) is 0 Å². The summed E-state index contributed by atoms with van der Waals surface area (Å²) in [5.74, 6) is -0.311. The molecule has 0 radical (unpaired) electrons. The van der Waals surface area contributed by atoms with Crippen LogP contribution >= 0.6 is 0 Å². The van der Waals surface area contributed by atoms with Crippen LogP contribution in [-0.2, 0) is 21.4 Å². The van der Waals surface area contributed by atoms with Crippen molar-refractivity contribution >= 4 is 21.8 Å². The number of rotatable bonds is 5. The molecular weight excluding hydrogens is 357 g/mol. The second kappa shape index (κ2) is 7.25. The van der Waals surface area contributed by atoms with Crippen LogP contribution in [0, 0.1) is 12.7 Å². The van der Waals surface area contributed by atoms with Crippen LogP contribution in [0.3, 0.4) is 0 Å². The third-order valence-corrected chi connectivity index (χ3v) is 5.39. The standard InChI is InChI=1S/C18H18FN3O3S/c1-12-6-7-13(10-15(12)19)11-21-17(23)8-9-20-18-14-4-2-3-5-16(14)26(24,25)22-18/h2-7,10H,8-9,11H2,1H3,(H,20,22)(H,21,23). The third kappa shape index (κ3) is 3.91. The minimum absolute atomic E-state index is 0.0989. The summed E-state index contributed by atoms with van der Waals surface area (Å²) in [7, 11) is -3.58. The molecule has 8 heteroatoms. The van der Waals surface area contributed by atoms with Crippen LogP contribution in [-0.4, -0.2) is 26.7 Å². The molecule has 26 heavy (non-hydrogen) atoms. The molecule has 0 saturated heterocycles. The summed E-state index contributed by atoms with van der Waals surface area (Å²) in [6, 6.07) is 11.3. The summed E-state index contributed by atoms with van der Waals surface area (Å²) in [6.07, 6.45) is 0.0989. The number of nitrogens with one attached hydrogen (secondary N) is 2. The average molecular weight is 375 g/mol. The van der Waals surface area contributed by atoms with Crippen molar-refractivity contribution in [1.82, 2.24) is 10.0 Å². The number of carbonyl (C=O) groups is 1. The van der Waals surface area contributed by atoms with Crippen LogP contribution < -0.4 is 10.0 Å². The van der Waals surface area contributed by atoms with Gasteiger partial charge in [-0.3, -0.25) is 14.5 Å². The SMILES string of the molecule is Cc1ccc(CNC(=O)CCN=C2NS(=O)(=O)c3ccccc32)cc1F. The van der Waals surface area contributed by atoms with Crippen LogP contribution in [0.4, 0.5) is 4.39 Å². The van der Waals surface area contributed by atoms with Crippen molar-refractivity contribution in [2.24, 2.45) is 4.99 Å². The lowest BCUT2D eigenvalue weighted by atomic mass is 10.1. The van der Waals surface area contributed by atoms with E-state index in [0.29, 0.717) is 16.7 Å². The first kappa shape index (κ1) is 18.1. The summed E-state index contributed by atoms with van der Waals surface area (Å²) < 4.78 is 39.8. The van der Waals surface area contributed by atoms with Gasteiger partial charge in [0.1, 0.15) is 11.7 Å². The maximum absolute atomic E-state index is 13.5. The monoisotopic (exact) mass is 375 g/mol. The lowest BCUT2D eigenvalue weighted by molar-refractivity contribution is -0.121. The summed E-state index contributed by atoms with van der Waals surface area (Å²) in [6.45, 7) is 2.04. The molecule has 0 aliphatic carbocycles. The molecule has 2 aromatic carbocycles. The van der Waals surface area contributed by atoms with Gasteiger partial charge in [0, 0.05) is 18.5 Å². The fraction of sp³-hybridized carbons (Fsp3) is 0.222. The fourth-order valence-corrected chi connectivity index (χ4v) is 3.81. The highest BCUT2D eigenvalue weighted by Gasteiger charge is 2.29. The predicted octanol–water partition coefficient (Wildman–Crippen LogP) is 1.88. The van der Waals surface area contributed by atoms with E-state index in [0.717, 1.165) is 0 Å². The molecule has 0 unspecified atom stereocenters. The van der Waals surface area contributed by atoms with Gasteiger partial charge in [-0.2, -0.15) is 0 Å². The number of aryl methyl sites for hydroxylation is 1. The van der Waals surface area contributed by atoms with E-state index in [-0.39, 0.29) is 42.0 Å². The van der Waals surface area contributed by atoms with Crippen molar-refractivity contribution in [1.29, 1.82) is 0 Å². The molecule has 0 fully saturated rings. The van der Waals surface area contributed by atoms with Gasteiger partial charge in [-0.25, -0.2) is 12.8 Å². The van der Waals surface area contributed by atoms with Crippen molar-refractivity contribution in [3.05, 3.63) is 65.0 Å². The molecule has 2 aromatic rings. The van der Waals surface area contributed by atoms with Crippen LogP contribution in [0.5, 0.6) is 0 Å². The number of nitrogens with zero attached hydrogens (tertiary/aromatic N) is 1. The second-order valence-corrected chi connectivity index (χ2v) is 7.59. The fourth-order valence-electron chi connectivity index (χ4n) is 2.56. The number of hydrogen-bond acceptors (Lipinski definition) is 4. The van der Waals surface area contributed by atoms with Gasteiger partial charge < -0.3 is 5.32 Å². The minimum atomic E-state index is -3.58. The van der Waals surface area contributed by atoms with Gasteiger partial charge >= 0.3 is 0 Å². The third-order valence-electron chi connectivity index (χ3n) is 4.00. The lowest BCUT2D eigenvalue weighted by Gasteiger charge is -2.06. The predicted molar refractivity (Wildman–Crippen MR) is 95.8 cm³/mol. The van der Waals surface area contributed by atoms with E-state index in [1.165, 1.54) is 12.1 Å². The van der Waals surface area contributed by atoms with E-state index in [2.05, 4.69) is 15.0 Å². The molecule has 136 valence electrons. The highest BCUT2D eigenvalue weighted by Crippen LogP contribution is 2.22. The highest BCUT2D eigenvalue weighted by molar-refractivity contribution is 7.90. The quantitative estimate of drug-likeness (QED) is 0.836. The number of amides is 1. The van der Waals surface area contributed by atoms with Gasteiger partial charge in [-0.1, -0.05) is 24.3 Å². The molecular formula is C18H18FN3O3S. The van der Waals surface area contributed by atoms with Gasteiger partial charge in [0.2, 0.25) is 5.91 Å². The Bertz CT molecular complexity index is 987. The molecule has 0 bridgehead atoms. The zero-order chi connectivity index (χ0) is 18.7. The number of aliphatic imine (C=N–C) groups is 1. The molecule has 1 heterocycles. The summed E-state index contributed by atoms with van der Waals surface area (Å²) >= 11 is 0. The van der Waals surface area contributed by atoms with Gasteiger partial charge in [-0.15, -0.1) is 0 Å². The molecule has 1 aliphatic heterocycles. The van der Waals surface area contributed by atoms with Crippen LogP contribution in [0.2, 0.25) is 0 Å². The van der Waals surface area contributed by atoms with Crippen molar-refractivity contribution in [3.63, 3.8) is 0 Å². The van der Waals surface area contributed by atoms with Crippen molar-refractivity contribution in [2.75, 3.05) is 6.54 Å². The number of sulfonamides is 1. The molecule has 0 saturated carbocycles. The van der Waals surface area contributed by atoms with Crippen molar-refractivity contribution < 1.29 is 17.6 Å². The molecule has 1 amide bonds. The van der Waals surface area contributed by atoms with E-state index in [4.69, 9.17) is 0 Å². The Morgan fingerprint density at radius 3 is 2.77 bits per heavy atom. The lowest BCUT2D eigenvalue weighted by Crippen LogP contribution is -2.25. The first-order valence-electron chi connectivity index (χ1n) is 8.05. The Balaban J connectivity index is 1.56. The molecule has 0 atom stereocenters. The van der Waals surface area contributed by atoms with Crippen molar-refractivity contribution in [3.8, 4) is 0 Å². The number of fused-ring (bicyclic) bond motifs is 1. The van der Waals surface area contributed by atoms with E-state index < -0.39 is 10.0 Å². The maximum Gasteiger partial charge on any atom is 0.263 e. The number of halogens is 1. The zero-order valence-corrected chi connectivity index (χ0v) is 14.9. The molecule has 3 rings (SSSR count).